The van der Waals surface area contributed by atoms with Crippen molar-refractivity contribution in [2.24, 2.45) is 7.05 Å². The lowest BCUT2D eigenvalue weighted by molar-refractivity contribution is 0.0427. The normalized spacial score (nSPS) is 28.5. The standard InChI is InChI=1S/C10H17N3O/c1-3-13-5-4-10(14,7-13)9-6-12(2)8-11-9/h6,8,14H,3-5,7H2,1-2H3. The molecule has 1 aliphatic rings. The third-order valence-corrected chi connectivity index (χ3v) is 2.96. The van der Waals surface area contributed by atoms with Gasteiger partial charge in [-0.3, -0.25) is 0 Å². The van der Waals surface area contributed by atoms with E-state index in [0.29, 0.717) is 6.54 Å². The first-order chi connectivity index (χ1) is 6.64. The van der Waals surface area contributed by atoms with Crippen LogP contribution in [0.3, 0.4) is 0 Å². The quantitative estimate of drug-likeness (QED) is 0.739. The lowest BCUT2D eigenvalue weighted by Gasteiger charge is -2.20. The first kappa shape index (κ1) is 9.68. The highest BCUT2D eigenvalue weighted by Gasteiger charge is 2.38. The zero-order valence-electron chi connectivity index (χ0n) is 8.77. The molecule has 4 nitrogen and oxygen atoms in total. The zero-order valence-corrected chi connectivity index (χ0v) is 8.77. The van der Waals surface area contributed by atoms with E-state index >= 15 is 0 Å². The van der Waals surface area contributed by atoms with Crippen molar-refractivity contribution in [3.05, 3.63) is 18.2 Å². The number of hydrogen-bond donors (Lipinski definition) is 1. The molecule has 14 heavy (non-hydrogen) atoms. The summed E-state index contributed by atoms with van der Waals surface area (Å²) < 4.78 is 1.88. The molecule has 1 N–H and O–H groups in total. The Morgan fingerprint density at radius 1 is 1.64 bits per heavy atom. The third-order valence-electron chi connectivity index (χ3n) is 2.96. The van der Waals surface area contributed by atoms with E-state index in [0.717, 1.165) is 25.2 Å². The van der Waals surface area contributed by atoms with Crippen molar-refractivity contribution in [2.45, 2.75) is 18.9 Å². The minimum Gasteiger partial charge on any atom is -0.382 e. The predicted molar refractivity (Wildman–Crippen MR) is 53.8 cm³/mol. The summed E-state index contributed by atoms with van der Waals surface area (Å²) in [5.41, 5.74) is 0.0769. The van der Waals surface area contributed by atoms with Gasteiger partial charge < -0.3 is 14.6 Å². The van der Waals surface area contributed by atoms with Crippen LogP contribution in [0.2, 0.25) is 0 Å². The van der Waals surface area contributed by atoms with Crippen molar-refractivity contribution in [3.63, 3.8) is 0 Å². The summed E-state index contributed by atoms with van der Waals surface area (Å²) in [7, 11) is 1.92. The average Bonchev–Trinajstić information content (AvgIpc) is 2.73. The van der Waals surface area contributed by atoms with Crippen molar-refractivity contribution >= 4 is 0 Å². The van der Waals surface area contributed by atoms with E-state index in [1.165, 1.54) is 0 Å². The number of rotatable bonds is 2. The van der Waals surface area contributed by atoms with Crippen LogP contribution in [0.4, 0.5) is 0 Å². The molecular formula is C10H17N3O. The average molecular weight is 195 g/mol. The van der Waals surface area contributed by atoms with Crippen LogP contribution >= 0.6 is 0 Å². The van der Waals surface area contributed by atoms with Gasteiger partial charge in [-0.05, 0) is 13.0 Å². The molecule has 1 saturated heterocycles. The smallest absolute Gasteiger partial charge is 0.122 e. The van der Waals surface area contributed by atoms with Gasteiger partial charge in [0.1, 0.15) is 5.60 Å². The number of β-amino-alcohol motifs (C(OH)–C–C–N with tert-alkyl or cyclic N) is 1. The topological polar surface area (TPSA) is 41.3 Å². The molecule has 0 aliphatic carbocycles. The van der Waals surface area contributed by atoms with Gasteiger partial charge in [-0.25, -0.2) is 4.98 Å². The van der Waals surface area contributed by atoms with E-state index in [-0.39, 0.29) is 0 Å². The number of nitrogens with zero attached hydrogens (tertiary/aromatic N) is 3. The van der Waals surface area contributed by atoms with Gasteiger partial charge in [0.15, 0.2) is 0 Å². The molecule has 1 fully saturated rings. The Hall–Kier alpha value is -0.870. The van der Waals surface area contributed by atoms with E-state index in [1.807, 2.05) is 17.8 Å². The van der Waals surface area contributed by atoms with Gasteiger partial charge in [0.2, 0.25) is 0 Å². The van der Waals surface area contributed by atoms with Crippen molar-refractivity contribution in [1.29, 1.82) is 0 Å². The number of imidazole rings is 1. The molecule has 1 aliphatic heterocycles. The van der Waals surface area contributed by atoms with E-state index in [9.17, 15) is 5.11 Å². The lowest BCUT2D eigenvalue weighted by Crippen LogP contribution is -2.31. The van der Waals surface area contributed by atoms with Crippen LogP contribution in [0.15, 0.2) is 12.5 Å². The lowest BCUT2D eigenvalue weighted by atomic mass is 10.00. The van der Waals surface area contributed by atoms with Crippen molar-refractivity contribution in [2.75, 3.05) is 19.6 Å². The number of aliphatic hydroxyl groups is 1. The summed E-state index contributed by atoms with van der Waals surface area (Å²) in [6.07, 6.45) is 4.43. The third kappa shape index (κ3) is 1.55. The Bertz CT molecular complexity index is 323. The maximum absolute atomic E-state index is 10.4. The Labute approximate surface area is 84.2 Å². The molecule has 78 valence electrons. The summed E-state index contributed by atoms with van der Waals surface area (Å²) in [4.78, 5) is 6.47. The van der Waals surface area contributed by atoms with Crippen LogP contribution in [0.25, 0.3) is 0 Å². The van der Waals surface area contributed by atoms with E-state index in [1.54, 1.807) is 6.33 Å². The Morgan fingerprint density at radius 2 is 2.43 bits per heavy atom. The van der Waals surface area contributed by atoms with E-state index in [2.05, 4.69) is 16.8 Å². The largest absolute Gasteiger partial charge is 0.382 e. The van der Waals surface area contributed by atoms with E-state index in [4.69, 9.17) is 0 Å². The number of aromatic nitrogens is 2. The number of aryl methyl sites for hydroxylation is 1. The number of hydrogen-bond acceptors (Lipinski definition) is 3. The Morgan fingerprint density at radius 3 is 2.93 bits per heavy atom. The molecule has 1 unspecified atom stereocenters. The molecule has 4 heteroatoms. The molecular weight excluding hydrogens is 178 g/mol. The SMILES string of the molecule is CCN1CCC(O)(c2cn(C)cn2)C1. The van der Waals surface area contributed by atoms with Crippen LogP contribution in [0.1, 0.15) is 19.0 Å². The van der Waals surface area contributed by atoms with Gasteiger partial charge in [-0.1, -0.05) is 6.92 Å². The molecule has 0 saturated carbocycles. The molecule has 0 amide bonds. The fourth-order valence-corrected chi connectivity index (χ4v) is 2.00. The molecule has 2 rings (SSSR count). The highest BCUT2D eigenvalue weighted by molar-refractivity contribution is 5.12. The van der Waals surface area contributed by atoms with Gasteiger partial charge in [-0.2, -0.15) is 0 Å². The first-order valence-corrected chi connectivity index (χ1v) is 5.07. The van der Waals surface area contributed by atoms with Crippen LogP contribution < -0.4 is 0 Å². The second-order valence-corrected chi connectivity index (χ2v) is 4.07. The zero-order chi connectivity index (χ0) is 10.2. The van der Waals surface area contributed by atoms with Gasteiger partial charge in [0, 0.05) is 26.3 Å². The summed E-state index contributed by atoms with van der Waals surface area (Å²) in [6, 6.07) is 0. The van der Waals surface area contributed by atoms with Crippen molar-refractivity contribution < 1.29 is 5.11 Å². The highest BCUT2D eigenvalue weighted by Crippen LogP contribution is 2.30. The molecule has 0 bridgehead atoms. The molecule has 1 atom stereocenters. The maximum atomic E-state index is 10.4. The minimum absolute atomic E-state index is 0.709. The summed E-state index contributed by atoms with van der Waals surface area (Å²) in [6.45, 7) is 4.78. The van der Waals surface area contributed by atoms with Crippen LogP contribution in [0, 0.1) is 0 Å². The van der Waals surface area contributed by atoms with Crippen LogP contribution in [-0.4, -0.2) is 39.2 Å². The van der Waals surface area contributed by atoms with Gasteiger partial charge in [-0.15, -0.1) is 0 Å². The fourth-order valence-electron chi connectivity index (χ4n) is 2.00. The second kappa shape index (κ2) is 3.37. The van der Waals surface area contributed by atoms with Gasteiger partial charge in [0.05, 0.1) is 12.0 Å². The number of likely N-dealkylation sites (N-methyl/N-ethyl adjacent to an activating group) is 1. The summed E-state index contributed by atoms with van der Waals surface area (Å²) in [5, 5.41) is 10.4. The molecule has 1 aromatic heterocycles. The predicted octanol–water partition coefficient (Wildman–Crippen LogP) is 0.333. The molecule has 1 aromatic rings. The molecule has 2 heterocycles. The molecule has 0 aromatic carbocycles. The molecule has 0 radical (unpaired) electrons. The maximum Gasteiger partial charge on any atom is 0.122 e. The van der Waals surface area contributed by atoms with Crippen LogP contribution in [-0.2, 0) is 12.6 Å². The molecule has 0 spiro atoms. The van der Waals surface area contributed by atoms with Crippen molar-refractivity contribution in [1.82, 2.24) is 14.5 Å². The summed E-state index contributed by atoms with van der Waals surface area (Å²) in [5.74, 6) is 0. The van der Waals surface area contributed by atoms with Crippen LogP contribution in [0.5, 0.6) is 0 Å². The Kier molecular flexibility index (Phi) is 2.33. The second-order valence-electron chi connectivity index (χ2n) is 4.07. The minimum atomic E-state index is -0.725. The van der Waals surface area contributed by atoms with Gasteiger partial charge in [0.25, 0.3) is 0 Å². The highest BCUT2D eigenvalue weighted by atomic mass is 16.3. The van der Waals surface area contributed by atoms with E-state index < -0.39 is 5.60 Å². The van der Waals surface area contributed by atoms with Crippen molar-refractivity contribution in [3.8, 4) is 0 Å². The fraction of sp³-hybridized carbons (Fsp3) is 0.700. The first-order valence-electron chi connectivity index (χ1n) is 5.07. The monoisotopic (exact) mass is 195 g/mol. The van der Waals surface area contributed by atoms with Gasteiger partial charge >= 0.3 is 0 Å². The Balaban J connectivity index is 2.18. The number of likely N-dealkylation sites (tertiary alicyclic amines) is 1. The summed E-state index contributed by atoms with van der Waals surface area (Å²) >= 11 is 0.